The van der Waals surface area contributed by atoms with Crippen molar-refractivity contribution in [2.45, 2.75) is 23.5 Å². The molecule has 1 heterocycles. The molecule has 2 aromatic carbocycles. The molecular weight excluding hydrogens is 377 g/mol. The van der Waals surface area contributed by atoms with E-state index in [0.717, 1.165) is 17.6 Å². The summed E-state index contributed by atoms with van der Waals surface area (Å²) in [5.74, 6) is 0.897. The molecule has 1 aliphatic rings. The average Bonchev–Trinajstić information content (AvgIpc) is 3.46. The van der Waals surface area contributed by atoms with Gasteiger partial charge in [-0.3, -0.25) is 4.79 Å². The number of amides is 1. The number of furan rings is 1. The number of ether oxygens (including phenoxy) is 1. The van der Waals surface area contributed by atoms with Crippen molar-refractivity contribution in [3.8, 4) is 0 Å². The second kappa shape index (κ2) is 8.80. The first-order valence-corrected chi connectivity index (χ1v) is 10.4. The van der Waals surface area contributed by atoms with Crippen LogP contribution in [0.15, 0.2) is 57.8 Å². The minimum absolute atomic E-state index is 0.265. The van der Waals surface area contributed by atoms with Crippen molar-refractivity contribution in [3.05, 3.63) is 65.7 Å². The standard InChI is InChI=1S/C22H22FNO3S/c23-18-6-2-4-8-20(18)28-14-17-16-5-1-3-7-19(16)27-21(17)22(25)24-11-12-26-13-15-9-10-15/h1-8,15H,9-14H2,(H,24,25). The van der Waals surface area contributed by atoms with E-state index in [1.807, 2.05) is 24.3 Å². The molecule has 28 heavy (non-hydrogen) atoms. The smallest absolute Gasteiger partial charge is 0.287 e. The van der Waals surface area contributed by atoms with Gasteiger partial charge in [0.1, 0.15) is 11.4 Å². The van der Waals surface area contributed by atoms with Gasteiger partial charge < -0.3 is 14.5 Å². The largest absolute Gasteiger partial charge is 0.451 e. The van der Waals surface area contributed by atoms with Gasteiger partial charge in [-0.1, -0.05) is 30.3 Å². The van der Waals surface area contributed by atoms with Gasteiger partial charge in [0.15, 0.2) is 5.76 Å². The third-order valence-electron chi connectivity index (χ3n) is 4.70. The van der Waals surface area contributed by atoms with Crippen LogP contribution in [0.1, 0.15) is 29.0 Å². The molecule has 3 aromatic rings. The van der Waals surface area contributed by atoms with Crippen LogP contribution in [0.4, 0.5) is 4.39 Å². The summed E-state index contributed by atoms with van der Waals surface area (Å²) in [4.78, 5) is 13.2. The number of nitrogens with one attached hydrogen (secondary N) is 1. The lowest BCUT2D eigenvalue weighted by Gasteiger charge is -2.07. The maximum Gasteiger partial charge on any atom is 0.287 e. The summed E-state index contributed by atoms with van der Waals surface area (Å²) >= 11 is 1.35. The first-order valence-electron chi connectivity index (χ1n) is 9.46. The van der Waals surface area contributed by atoms with Crippen molar-refractivity contribution in [1.82, 2.24) is 5.32 Å². The Bertz CT molecular complexity index is 967. The van der Waals surface area contributed by atoms with Crippen LogP contribution in [0, 0.1) is 11.7 Å². The lowest BCUT2D eigenvalue weighted by atomic mass is 10.1. The van der Waals surface area contributed by atoms with E-state index in [1.165, 1.54) is 30.7 Å². The zero-order valence-electron chi connectivity index (χ0n) is 15.4. The Balaban J connectivity index is 1.46. The Kier molecular flexibility index (Phi) is 5.98. The van der Waals surface area contributed by atoms with E-state index in [1.54, 1.807) is 18.2 Å². The molecule has 0 aliphatic heterocycles. The quantitative estimate of drug-likeness (QED) is 0.405. The normalized spacial score (nSPS) is 13.8. The third kappa shape index (κ3) is 4.56. The fourth-order valence-electron chi connectivity index (χ4n) is 2.99. The van der Waals surface area contributed by atoms with Gasteiger partial charge in [-0.05, 0) is 37.0 Å². The molecule has 1 aromatic heterocycles. The van der Waals surface area contributed by atoms with Crippen LogP contribution in [0.3, 0.4) is 0 Å². The average molecular weight is 399 g/mol. The Labute approximate surface area is 167 Å². The summed E-state index contributed by atoms with van der Waals surface area (Å²) < 4.78 is 25.3. The van der Waals surface area contributed by atoms with Crippen LogP contribution in [-0.4, -0.2) is 25.7 Å². The highest BCUT2D eigenvalue weighted by molar-refractivity contribution is 7.98. The van der Waals surface area contributed by atoms with Crippen molar-refractivity contribution in [3.63, 3.8) is 0 Å². The van der Waals surface area contributed by atoms with Crippen LogP contribution in [0.5, 0.6) is 0 Å². The molecule has 1 saturated carbocycles. The molecule has 0 saturated heterocycles. The Morgan fingerprint density at radius 2 is 1.96 bits per heavy atom. The van der Waals surface area contributed by atoms with Gasteiger partial charge in [0, 0.05) is 34.7 Å². The number of rotatable bonds is 9. The molecule has 1 amide bonds. The van der Waals surface area contributed by atoms with Gasteiger partial charge >= 0.3 is 0 Å². The molecule has 4 rings (SSSR count). The second-order valence-electron chi connectivity index (χ2n) is 6.90. The molecule has 146 valence electrons. The number of carbonyl (C=O) groups is 1. The molecule has 0 bridgehead atoms. The first kappa shape index (κ1) is 19.0. The van der Waals surface area contributed by atoms with Crippen molar-refractivity contribution < 1.29 is 18.3 Å². The summed E-state index contributed by atoms with van der Waals surface area (Å²) in [7, 11) is 0. The topological polar surface area (TPSA) is 51.5 Å². The fourth-order valence-corrected chi connectivity index (χ4v) is 3.96. The SMILES string of the molecule is O=C(NCCOCC1CC1)c1oc2ccccc2c1CSc1ccccc1F. The Morgan fingerprint density at radius 3 is 2.79 bits per heavy atom. The monoisotopic (exact) mass is 399 g/mol. The Hall–Kier alpha value is -2.31. The van der Waals surface area contributed by atoms with Gasteiger partial charge in [-0.15, -0.1) is 11.8 Å². The zero-order chi connectivity index (χ0) is 19.3. The van der Waals surface area contributed by atoms with Crippen molar-refractivity contribution in [1.29, 1.82) is 0 Å². The summed E-state index contributed by atoms with van der Waals surface area (Å²) in [5, 5.41) is 3.74. The van der Waals surface area contributed by atoms with Crippen molar-refractivity contribution in [2.75, 3.05) is 19.8 Å². The van der Waals surface area contributed by atoms with Crippen LogP contribution in [-0.2, 0) is 10.5 Å². The molecule has 1 aliphatic carbocycles. The van der Waals surface area contributed by atoms with Crippen molar-refractivity contribution >= 4 is 28.6 Å². The summed E-state index contributed by atoms with van der Waals surface area (Å²) in [6.07, 6.45) is 2.49. The van der Waals surface area contributed by atoms with Crippen LogP contribution in [0.25, 0.3) is 11.0 Å². The summed E-state index contributed by atoms with van der Waals surface area (Å²) in [5.41, 5.74) is 1.43. The number of benzene rings is 2. The van der Waals surface area contributed by atoms with E-state index in [2.05, 4.69) is 5.32 Å². The number of halogens is 1. The third-order valence-corrected chi connectivity index (χ3v) is 5.77. The fraction of sp³-hybridized carbons (Fsp3) is 0.318. The number of hydrogen-bond donors (Lipinski definition) is 1. The van der Waals surface area contributed by atoms with Gasteiger partial charge in [0.25, 0.3) is 5.91 Å². The molecule has 0 unspecified atom stereocenters. The lowest BCUT2D eigenvalue weighted by Crippen LogP contribution is -2.27. The van der Waals surface area contributed by atoms with E-state index in [4.69, 9.17) is 9.15 Å². The highest BCUT2D eigenvalue weighted by Crippen LogP contribution is 2.33. The maximum atomic E-state index is 14.0. The van der Waals surface area contributed by atoms with Crippen LogP contribution in [0.2, 0.25) is 0 Å². The van der Waals surface area contributed by atoms with E-state index in [-0.39, 0.29) is 17.5 Å². The Morgan fingerprint density at radius 1 is 1.18 bits per heavy atom. The second-order valence-corrected chi connectivity index (χ2v) is 7.92. The van der Waals surface area contributed by atoms with Crippen molar-refractivity contribution in [2.24, 2.45) is 5.92 Å². The van der Waals surface area contributed by atoms with Gasteiger partial charge in [0.05, 0.1) is 6.61 Å². The molecule has 0 spiro atoms. The van der Waals surface area contributed by atoms with E-state index in [9.17, 15) is 9.18 Å². The highest BCUT2D eigenvalue weighted by atomic mass is 32.2. The van der Waals surface area contributed by atoms with E-state index >= 15 is 0 Å². The predicted octanol–water partition coefficient (Wildman–Crippen LogP) is 5.02. The molecule has 0 atom stereocenters. The van der Waals surface area contributed by atoms with Gasteiger partial charge in [-0.25, -0.2) is 4.39 Å². The van der Waals surface area contributed by atoms with Crippen LogP contribution < -0.4 is 5.32 Å². The summed E-state index contributed by atoms with van der Waals surface area (Å²) in [6, 6.07) is 14.2. The zero-order valence-corrected chi connectivity index (χ0v) is 16.3. The molecule has 1 fully saturated rings. The predicted molar refractivity (Wildman–Crippen MR) is 108 cm³/mol. The highest BCUT2D eigenvalue weighted by Gasteiger charge is 2.22. The number of hydrogen-bond acceptors (Lipinski definition) is 4. The lowest BCUT2D eigenvalue weighted by molar-refractivity contribution is 0.0882. The van der Waals surface area contributed by atoms with Gasteiger partial charge in [0.2, 0.25) is 0 Å². The molecule has 6 heteroatoms. The maximum absolute atomic E-state index is 14.0. The number of carbonyl (C=O) groups excluding carboxylic acids is 1. The molecular formula is C22H22FNO3S. The minimum atomic E-state index is -0.268. The summed E-state index contributed by atoms with van der Waals surface area (Å²) in [6.45, 7) is 1.69. The number of fused-ring (bicyclic) bond motifs is 1. The first-order chi connectivity index (χ1) is 13.7. The van der Waals surface area contributed by atoms with E-state index < -0.39 is 0 Å². The molecule has 0 radical (unpaired) electrons. The van der Waals surface area contributed by atoms with E-state index in [0.29, 0.717) is 35.3 Å². The number of thioether (sulfide) groups is 1. The number of para-hydroxylation sites is 1. The minimum Gasteiger partial charge on any atom is -0.451 e. The molecule has 4 nitrogen and oxygen atoms in total. The van der Waals surface area contributed by atoms with Gasteiger partial charge in [-0.2, -0.15) is 0 Å². The molecule has 1 N–H and O–H groups in total. The van der Waals surface area contributed by atoms with Crippen LogP contribution >= 0.6 is 11.8 Å².